The van der Waals surface area contributed by atoms with E-state index in [1.165, 1.54) is 6.42 Å². The van der Waals surface area contributed by atoms with Crippen LogP contribution < -0.4 is 5.73 Å². The summed E-state index contributed by atoms with van der Waals surface area (Å²) in [5.41, 5.74) is 5.57. The van der Waals surface area contributed by atoms with E-state index in [0.29, 0.717) is 12.3 Å². The Bertz CT molecular complexity index is 213. The van der Waals surface area contributed by atoms with E-state index < -0.39 is 0 Å². The van der Waals surface area contributed by atoms with Gasteiger partial charge >= 0.3 is 0 Å². The van der Waals surface area contributed by atoms with Crippen molar-refractivity contribution in [3.63, 3.8) is 0 Å². The van der Waals surface area contributed by atoms with Gasteiger partial charge in [0.25, 0.3) is 0 Å². The molecule has 0 spiro atoms. The highest BCUT2D eigenvalue weighted by Gasteiger charge is 2.41. The summed E-state index contributed by atoms with van der Waals surface area (Å²) in [6.07, 6.45) is 10.3. The molecule has 15 heavy (non-hydrogen) atoms. The van der Waals surface area contributed by atoms with Crippen LogP contribution >= 0.6 is 0 Å². The summed E-state index contributed by atoms with van der Waals surface area (Å²) in [7, 11) is 0. The molecule has 0 atom stereocenters. The minimum atomic E-state index is -0.113. The Morgan fingerprint density at radius 2 is 2.07 bits per heavy atom. The molecule has 2 heteroatoms. The lowest BCUT2D eigenvalue weighted by Gasteiger charge is -2.39. The maximum absolute atomic E-state index is 11.9. The number of carbonyl (C=O) groups is 1. The van der Waals surface area contributed by atoms with Crippen LogP contribution in [-0.4, -0.2) is 12.3 Å². The number of hydrogen-bond acceptors (Lipinski definition) is 2. The molecule has 1 rings (SSSR count). The van der Waals surface area contributed by atoms with E-state index in [1.54, 1.807) is 0 Å². The van der Waals surface area contributed by atoms with E-state index in [2.05, 4.69) is 6.58 Å². The van der Waals surface area contributed by atoms with Crippen LogP contribution in [-0.2, 0) is 4.79 Å². The lowest BCUT2D eigenvalue weighted by Crippen LogP contribution is -2.44. The topological polar surface area (TPSA) is 43.1 Å². The molecule has 86 valence electrons. The molecule has 2 nitrogen and oxygen atoms in total. The zero-order valence-corrected chi connectivity index (χ0v) is 9.63. The van der Waals surface area contributed by atoms with Crippen LogP contribution in [0.5, 0.6) is 0 Å². The van der Waals surface area contributed by atoms with Gasteiger partial charge in [0, 0.05) is 18.4 Å². The van der Waals surface area contributed by atoms with E-state index in [1.807, 2.05) is 6.08 Å². The number of carbonyl (C=O) groups excluding carboxylic acids is 1. The molecular weight excluding hydrogens is 186 g/mol. The summed E-state index contributed by atoms with van der Waals surface area (Å²) in [4.78, 5) is 11.9. The monoisotopic (exact) mass is 209 g/mol. The number of unbranched alkanes of at least 4 members (excludes halogenated alkanes) is 3. The highest BCUT2D eigenvalue weighted by Crippen LogP contribution is 2.41. The fourth-order valence-electron chi connectivity index (χ4n) is 2.22. The summed E-state index contributed by atoms with van der Waals surface area (Å²) < 4.78 is 0. The largest absolute Gasteiger partial charge is 0.329 e. The lowest BCUT2D eigenvalue weighted by atomic mass is 9.65. The fourth-order valence-corrected chi connectivity index (χ4v) is 2.22. The SMILES string of the molecule is C=CCCCCCC(=O)C1(CN)CCC1. The van der Waals surface area contributed by atoms with Crippen molar-refractivity contribution in [3.8, 4) is 0 Å². The van der Waals surface area contributed by atoms with E-state index in [4.69, 9.17) is 5.73 Å². The van der Waals surface area contributed by atoms with Gasteiger partial charge in [0.05, 0.1) is 0 Å². The number of allylic oxidation sites excluding steroid dienone is 1. The molecule has 0 heterocycles. The van der Waals surface area contributed by atoms with Crippen LogP contribution in [0.25, 0.3) is 0 Å². The van der Waals surface area contributed by atoms with Gasteiger partial charge in [0.2, 0.25) is 0 Å². The molecule has 0 radical (unpaired) electrons. The Balaban J connectivity index is 2.15. The van der Waals surface area contributed by atoms with Crippen LogP contribution in [0.3, 0.4) is 0 Å². The quantitative estimate of drug-likeness (QED) is 0.493. The second-order valence-electron chi connectivity index (χ2n) is 4.65. The van der Waals surface area contributed by atoms with Gasteiger partial charge in [0.1, 0.15) is 5.78 Å². The summed E-state index contributed by atoms with van der Waals surface area (Å²) in [5, 5.41) is 0. The maximum atomic E-state index is 11.9. The van der Waals surface area contributed by atoms with Gasteiger partial charge in [-0.1, -0.05) is 18.9 Å². The van der Waals surface area contributed by atoms with Gasteiger partial charge in [0.15, 0.2) is 0 Å². The third-order valence-electron chi connectivity index (χ3n) is 3.60. The first-order valence-electron chi connectivity index (χ1n) is 6.09. The highest BCUT2D eigenvalue weighted by molar-refractivity contribution is 5.85. The Morgan fingerprint density at radius 1 is 1.33 bits per heavy atom. The summed E-state index contributed by atoms with van der Waals surface area (Å²) in [6.45, 7) is 4.24. The normalized spacial score (nSPS) is 18.2. The highest BCUT2D eigenvalue weighted by atomic mass is 16.1. The zero-order chi connectivity index (χ0) is 11.1. The minimum absolute atomic E-state index is 0.113. The molecule has 0 amide bonds. The molecule has 0 aliphatic heterocycles. The molecule has 0 saturated heterocycles. The van der Waals surface area contributed by atoms with E-state index in [-0.39, 0.29) is 5.41 Å². The molecule has 1 aliphatic carbocycles. The Morgan fingerprint density at radius 3 is 2.53 bits per heavy atom. The second-order valence-corrected chi connectivity index (χ2v) is 4.65. The number of nitrogens with two attached hydrogens (primary N) is 1. The second kappa shape index (κ2) is 6.06. The standard InChI is InChI=1S/C13H23NO/c1-2-3-4-5-6-8-12(15)13(11-14)9-7-10-13/h2H,1,3-11,14H2. The summed E-state index contributed by atoms with van der Waals surface area (Å²) in [6, 6.07) is 0. The van der Waals surface area contributed by atoms with Gasteiger partial charge in [-0.05, 0) is 32.1 Å². The Hall–Kier alpha value is -0.630. The first kappa shape index (κ1) is 12.4. The third kappa shape index (κ3) is 3.16. The predicted octanol–water partition coefficient (Wildman–Crippen LogP) is 2.82. The number of Topliss-reactive ketones (excluding diaryl/α,β-unsaturated/α-hetero) is 1. The van der Waals surface area contributed by atoms with E-state index in [9.17, 15) is 4.79 Å². The Labute approximate surface area is 92.9 Å². The number of ketones is 1. The van der Waals surface area contributed by atoms with Gasteiger partial charge < -0.3 is 5.73 Å². The fraction of sp³-hybridized carbons (Fsp3) is 0.769. The Kier molecular flexibility index (Phi) is 5.03. The molecule has 0 aromatic rings. The van der Waals surface area contributed by atoms with Crippen molar-refractivity contribution in [1.29, 1.82) is 0 Å². The molecule has 1 saturated carbocycles. The van der Waals surface area contributed by atoms with Crippen LogP contribution in [0.1, 0.15) is 51.4 Å². The van der Waals surface area contributed by atoms with Crippen molar-refractivity contribution in [1.82, 2.24) is 0 Å². The van der Waals surface area contributed by atoms with Crippen molar-refractivity contribution in [2.45, 2.75) is 51.4 Å². The van der Waals surface area contributed by atoms with Gasteiger partial charge in [-0.25, -0.2) is 0 Å². The smallest absolute Gasteiger partial charge is 0.140 e. The van der Waals surface area contributed by atoms with Crippen molar-refractivity contribution < 1.29 is 4.79 Å². The van der Waals surface area contributed by atoms with Crippen molar-refractivity contribution >= 4 is 5.78 Å². The van der Waals surface area contributed by atoms with Crippen LogP contribution in [0, 0.1) is 5.41 Å². The van der Waals surface area contributed by atoms with Crippen LogP contribution in [0.15, 0.2) is 12.7 Å². The first-order valence-corrected chi connectivity index (χ1v) is 6.09. The molecule has 1 aliphatic rings. The molecule has 2 N–H and O–H groups in total. The number of hydrogen-bond donors (Lipinski definition) is 1. The molecule has 1 fully saturated rings. The van der Waals surface area contributed by atoms with Gasteiger partial charge in [-0.15, -0.1) is 6.58 Å². The van der Waals surface area contributed by atoms with E-state index in [0.717, 1.165) is 44.9 Å². The van der Waals surface area contributed by atoms with Crippen molar-refractivity contribution in [3.05, 3.63) is 12.7 Å². The predicted molar refractivity (Wildman–Crippen MR) is 63.6 cm³/mol. The molecule has 0 bridgehead atoms. The van der Waals surface area contributed by atoms with Gasteiger partial charge in [-0.2, -0.15) is 0 Å². The lowest BCUT2D eigenvalue weighted by molar-refractivity contribution is -0.132. The minimum Gasteiger partial charge on any atom is -0.329 e. The van der Waals surface area contributed by atoms with Crippen molar-refractivity contribution in [2.75, 3.05) is 6.54 Å². The molecule has 0 aromatic carbocycles. The molecular formula is C13H23NO. The zero-order valence-electron chi connectivity index (χ0n) is 9.63. The molecule has 0 unspecified atom stereocenters. The maximum Gasteiger partial charge on any atom is 0.140 e. The number of rotatable bonds is 8. The third-order valence-corrected chi connectivity index (χ3v) is 3.60. The summed E-state index contributed by atoms with van der Waals surface area (Å²) >= 11 is 0. The average Bonchev–Trinajstić information content (AvgIpc) is 2.17. The first-order chi connectivity index (χ1) is 7.25. The average molecular weight is 209 g/mol. The van der Waals surface area contributed by atoms with Gasteiger partial charge in [-0.3, -0.25) is 4.79 Å². The van der Waals surface area contributed by atoms with Crippen LogP contribution in [0.2, 0.25) is 0 Å². The molecule has 0 aromatic heterocycles. The van der Waals surface area contributed by atoms with Crippen molar-refractivity contribution in [2.24, 2.45) is 11.1 Å². The summed E-state index contributed by atoms with van der Waals surface area (Å²) in [5.74, 6) is 0.412. The van der Waals surface area contributed by atoms with Crippen LogP contribution in [0.4, 0.5) is 0 Å². The van der Waals surface area contributed by atoms with E-state index >= 15 is 0 Å².